The predicted octanol–water partition coefficient (Wildman–Crippen LogP) is 4.05. The summed E-state index contributed by atoms with van der Waals surface area (Å²) in [6.45, 7) is 2.31. The van der Waals surface area contributed by atoms with Crippen LogP contribution in [-0.4, -0.2) is 20.9 Å². The zero-order valence-corrected chi connectivity index (χ0v) is 14.4. The molecule has 0 N–H and O–H groups in total. The minimum atomic E-state index is -0.315. The van der Waals surface area contributed by atoms with E-state index >= 15 is 0 Å². The molecular weight excluding hydrogens is 333 g/mol. The zero-order chi connectivity index (χ0) is 18.1. The molecule has 1 fully saturated rings. The van der Waals surface area contributed by atoms with E-state index in [1.807, 2.05) is 31.2 Å². The third-order valence-corrected chi connectivity index (χ3v) is 4.68. The maximum absolute atomic E-state index is 13.4. The van der Waals surface area contributed by atoms with Crippen molar-refractivity contribution in [3.8, 4) is 11.4 Å². The standard InChI is InChI=1S/C20H18FN3O2/c1-13-5-2-3-8-16(13)19-22-20(26-23-19)17-9-10-18(25)24(17)12-14-6-4-7-15(21)11-14/h2-8,11,17H,9-10,12H2,1H3. The fourth-order valence-electron chi connectivity index (χ4n) is 3.32. The SMILES string of the molecule is Cc1ccccc1-c1noc(C2CCC(=O)N2Cc2cccc(F)c2)n1. The van der Waals surface area contributed by atoms with Crippen LogP contribution in [0.4, 0.5) is 4.39 Å². The molecule has 1 saturated heterocycles. The highest BCUT2D eigenvalue weighted by Crippen LogP contribution is 2.34. The topological polar surface area (TPSA) is 59.2 Å². The van der Waals surface area contributed by atoms with Gasteiger partial charge >= 0.3 is 0 Å². The molecule has 1 aliphatic rings. The molecular formula is C20H18FN3O2. The van der Waals surface area contributed by atoms with Crippen LogP contribution >= 0.6 is 0 Å². The summed E-state index contributed by atoms with van der Waals surface area (Å²) in [7, 11) is 0. The fourth-order valence-corrected chi connectivity index (χ4v) is 3.32. The number of amides is 1. The van der Waals surface area contributed by atoms with Crippen LogP contribution in [0.2, 0.25) is 0 Å². The van der Waals surface area contributed by atoms with Gasteiger partial charge in [-0.15, -0.1) is 0 Å². The van der Waals surface area contributed by atoms with Crippen LogP contribution < -0.4 is 0 Å². The van der Waals surface area contributed by atoms with Gasteiger partial charge in [0.15, 0.2) is 0 Å². The van der Waals surface area contributed by atoms with Gasteiger partial charge in [-0.3, -0.25) is 4.79 Å². The van der Waals surface area contributed by atoms with Crippen molar-refractivity contribution < 1.29 is 13.7 Å². The van der Waals surface area contributed by atoms with Gasteiger partial charge in [-0.2, -0.15) is 4.98 Å². The average Bonchev–Trinajstić information content (AvgIpc) is 3.23. The number of halogens is 1. The second kappa shape index (κ2) is 6.71. The molecule has 0 spiro atoms. The molecule has 3 aromatic rings. The van der Waals surface area contributed by atoms with E-state index in [9.17, 15) is 9.18 Å². The van der Waals surface area contributed by atoms with Crippen molar-refractivity contribution in [1.29, 1.82) is 0 Å². The van der Waals surface area contributed by atoms with E-state index < -0.39 is 0 Å². The molecule has 132 valence electrons. The van der Waals surface area contributed by atoms with Gasteiger partial charge in [0.2, 0.25) is 17.6 Å². The Morgan fingerprint density at radius 3 is 2.88 bits per heavy atom. The van der Waals surface area contributed by atoms with Crippen molar-refractivity contribution in [3.63, 3.8) is 0 Å². The van der Waals surface area contributed by atoms with Crippen LogP contribution in [0, 0.1) is 12.7 Å². The van der Waals surface area contributed by atoms with Crippen molar-refractivity contribution in [3.05, 3.63) is 71.4 Å². The number of nitrogens with zero attached hydrogens (tertiary/aromatic N) is 3. The first-order valence-electron chi connectivity index (χ1n) is 8.55. The third-order valence-electron chi connectivity index (χ3n) is 4.68. The highest BCUT2D eigenvalue weighted by Gasteiger charge is 2.36. The largest absolute Gasteiger partial charge is 0.337 e. The lowest BCUT2D eigenvalue weighted by molar-refractivity contribution is -0.130. The lowest BCUT2D eigenvalue weighted by atomic mass is 10.1. The second-order valence-corrected chi connectivity index (χ2v) is 6.48. The Hall–Kier alpha value is -3.02. The molecule has 0 radical (unpaired) electrons. The lowest BCUT2D eigenvalue weighted by Crippen LogP contribution is -2.27. The number of hydrogen-bond acceptors (Lipinski definition) is 4. The molecule has 4 rings (SSSR count). The van der Waals surface area contributed by atoms with Crippen molar-refractivity contribution >= 4 is 5.91 Å². The minimum absolute atomic E-state index is 0.00917. The summed E-state index contributed by atoms with van der Waals surface area (Å²) in [5.74, 6) is 0.633. The number of carbonyl (C=O) groups excluding carboxylic acids is 1. The van der Waals surface area contributed by atoms with Crippen molar-refractivity contribution in [2.24, 2.45) is 0 Å². The summed E-state index contributed by atoms with van der Waals surface area (Å²) in [5.41, 5.74) is 2.70. The summed E-state index contributed by atoms with van der Waals surface area (Å²) in [6.07, 6.45) is 1.03. The molecule has 1 amide bonds. The monoisotopic (exact) mass is 351 g/mol. The summed E-state index contributed by atoms with van der Waals surface area (Å²) in [6, 6.07) is 13.8. The Labute approximate surface area is 150 Å². The maximum atomic E-state index is 13.4. The molecule has 1 unspecified atom stereocenters. The van der Waals surface area contributed by atoms with E-state index in [4.69, 9.17) is 4.52 Å². The van der Waals surface area contributed by atoms with Gasteiger partial charge in [0.05, 0.1) is 0 Å². The van der Waals surface area contributed by atoms with Crippen LogP contribution in [0.15, 0.2) is 53.1 Å². The number of likely N-dealkylation sites (tertiary alicyclic amines) is 1. The van der Waals surface area contributed by atoms with Gasteiger partial charge in [-0.05, 0) is 36.6 Å². The molecule has 1 atom stereocenters. The second-order valence-electron chi connectivity index (χ2n) is 6.48. The molecule has 5 nitrogen and oxygen atoms in total. The van der Waals surface area contributed by atoms with Gasteiger partial charge in [-0.1, -0.05) is 41.6 Å². The quantitative estimate of drug-likeness (QED) is 0.711. The molecule has 2 heterocycles. The number of rotatable bonds is 4. The van der Waals surface area contributed by atoms with Crippen LogP contribution in [0.25, 0.3) is 11.4 Å². The Balaban J connectivity index is 1.60. The Bertz CT molecular complexity index is 953. The number of benzene rings is 2. The number of aryl methyl sites for hydroxylation is 1. The van der Waals surface area contributed by atoms with E-state index in [1.165, 1.54) is 12.1 Å². The van der Waals surface area contributed by atoms with E-state index in [1.54, 1.807) is 17.0 Å². The van der Waals surface area contributed by atoms with Gasteiger partial charge in [0, 0.05) is 18.5 Å². The van der Waals surface area contributed by atoms with Gasteiger partial charge in [-0.25, -0.2) is 4.39 Å². The van der Waals surface area contributed by atoms with Crippen LogP contribution in [0.5, 0.6) is 0 Å². The Kier molecular flexibility index (Phi) is 4.24. The highest BCUT2D eigenvalue weighted by atomic mass is 19.1. The highest BCUT2D eigenvalue weighted by molar-refractivity contribution is 5.78. The molecule has 0 aliphatic carbocycles. The van der Waals surface area contributed by atoms with Gasteiger partial charge < -0.3 is 9.42 Å². The smallest absolute Gasteiger partial charge is 0.249 e. The summed E-state index contributed by atoms with van der Waals surface area (Å²) in [5, 5.41) is 4.09. The number of aromatic nitrogens is 2. The first kappa shape index (κ1) is 16.4. The lowest BCUT2D eigenvalue weighted by Gasteiger charge is -2.22. The first-order chi connectivity index (χ1) is 12.6. The van der Waals surface area contributed by atoms with E-state index in [-0.39, 0.29) is 17.8 Å². The van der Waals surface area contributed by atoms with Crippen molar-refractivity contribution in [2.75, 3.05) is 0 Å². The molecule has 0 saturated carbocycles. The predicted molar refractivity (Wildman–Crippen MR) is 93.4 cm³/mol. The van der Waals surface area contributed by atoms with Crippen molar-refractivity contribution in [1.82, 2.24) is 15.0 Å². The molecule has 6 heteroatoms. The number of hydrogen-bond donors (Lipinski definition) is 0. The van der Waals surface area contributed by atoms with Crippen LogP contribution in [-0.2, 0) is 11.3 Å². The molecule has 1 aromatic heterocycles. The van der Waals surface area contributed by atoms with E-state index in [0.29, 0.717) is 31.1 Å². The summed E-state index contributed by atoms with van der Waals surface area (Å²) < 4.78 is 18.9. The summed E-state index contributed by atoms with van der Waals surface area (Å²) >= 11 is 0. The average molecular weight is 351 g/mol. The van der Waals surface area contributed by atoms with Crippen molar-refractivity contribution in [2.45, 2.75) is 32.4 Å². The molecule has 26 heavy (non-hydrogen) atoms. The number of carbonyl (C=O) groups is 1. The zero-order valence-electron chi connectivity index (χ0n) is 14.4. The Morgan fingerprint density at radius 2 is 2.08 bits per heavy atom. The first-order valence-corrected chi connectivity index (χ1v) is 8.55. The molecule has 0 bridgehead atoms. The van der Waals surface area contributed by atoms with E-state index in [2.05, 4.69) is 10.1 Å². The molecule has 1 aliphatic heterocycles. The maximum Gasteiger partial charge on any atom is 0.249 e. The van der Waals surface area contributed by atoms with Crippen LogP contribution in [0.3, 0.4) is 0 Å². The summed E-state index contributed by atoms with van der Waals surface area (Å²) in [4.78, 5) is 18.5. The van der Waals surface area contributed by atoms with Gasteiger partial charge in [0.25, 0.3) is 0 Å². The third kappa shape index (κ3) is 3.10. The fraction of sp³-hybridized carbons (Fsp3) is 0.250. The normalized spacial score (nSPS) is 17.1. The Morgan fingerprint density at radius 1 is 1.23 bits per heavy atom. The minimum Gasteiger partial charge on any atom is -0.337 e. The van der Waals surface area contributed by atoms with E-state index in [0.717, 1.165) is 16.7 Å². The molecule has 2 aromatic carbocycles. The van der Waals surface area contributed by atoms with Crippen LogP contribution in [0.1, 0.15) is 35.9 Å². The van der Waals surface area contributed by atoms with Gasteiger partial charge in [0.1, 0.15) is 11.9 Å².